The number of unbranched alkanes of at least 4 members (excludes halogenated alkanes) is 5. The zero-order valence-corrected chi connectivity index (χ0v) is 13.9. The molecule has 0 aliphatic rings. The first kappa shape index (κ1) is 19.2. The molecular weight excluding hydrogens is 294 g/mol. The van der Waals surface area contributed by atoms with Gasteiger partial charge in [0.05, 0.1) is 12.9 Å². The molecular formula is C16H29N5O2. The van der Waals surface area contributed by atoms with Crippen molar-refractivity contribution >= 4 is 11.8 Å². The molecule has 0 aliphatic carbocycles. The number of H-pyrrole nitrogens is 1. The molecule has 2 amide bonds. The highest BCUT2D eigenvalue weighted by molar-refractivity contribution is 5.88. The van der Waals surface area contributed by atoms with Gasteiger partial charge < -0.3 is 21.4 Å². The second-order valence-corrected chi connectivity index (χ2v) is 5.66. The van der Waals surface area contributed by atoms with E-state index in [1.807, 2.05) is 0 Å². The van der Waals surface area contributed by atoms with Crippen LogP contribution in [0.15, 0.2) is 12.5 Å². The average Bonchev–Trinajstić information content (AvgIpc) is 3.06. The Morgan fingerprint density at radius 3 is 2.65 bits per heavy atom. The molecule has 1 aromatic rings. The van der Waals surface area contributed by atoms with E-state index in [1.165, 1.54) is 25.7 Å². The molecule has 5 N–H and O–H groups in total. The van der Waals surface area contributed by atoms with E-state index < -0.39 is 6.04 Å². The summed E-state index contributed by atoms with van der Waals surface area (Å²) in [7, 11) is 0. The summed E-state index contributed by atoms with van der Waals surface area (Å²) in [6.07, 6.45) is 10.6. The number of imidazole rings is 1. The fourth-order valence-corrected chi connectivity index (χ4v) is 2.32. The summed E-state index contributed by atoms with van der Waals surface area (Å²) in [5, 5.41) is 5.54. The van der Waals surface area contributed by atoms with Gasteiger partial charge in [0.15, 0.2) is 0 Å². The van der Waals surface area contributed by atoms with E-state index in [-0.39, 0.29) is 18.4 Å². The summed E-state index contributed by atoms with van der Waals surface area (Å²) in [5.41, 5.74) is 6.10. The summed E-state index contributed by atoms with van der Waals surface area (Å²) < 4.78 is 0. The van der Waals surface area contributed by atoms with E-state index >= 15 is 0 Å². The van der Waals surface area contributed by atoms with E-state index in [1.54, 1.807) is 12.5 Å². The van der Waals surface area contributed by atoms with Gasteiger partial charge in [-0.1, -0.05) is 39.0 Å². The number of carbonyl (C=O) groups excluding carboxylic acids is 2. The average molecular weight is 323 g/mol. The standard InChI is InChI=1S/C16H29N5O2/c1-2-3-4-5-6-7-8-19-16(23)14(21-15(22)10-17)9-13-11-18-12-20-13/h11-12,14H,2-10,17H2,1H3,(H,18,20)(H,19,23)(H,21,22). The molecule has 0 bridgehead atoms. The third-order valence-corrected chi connectivity index (χ3v) is 3.65. The Labute approximate surface area is 137 Å². The van der Waals surface area contributed by atoms with Crippen LogP contribution < -0.4 is 16.4 Å². The number of hydrogen-bond acceptors (Lipinski definition) is 4. The van der Waals surface area contributed by atoms with Crippen molar-refractivity contribution in [2.75, 3.05) is 13.1 Å². The Morgan fingerprint density at radius 2 is 2.00 bits per heavy atom. The molecule has 23 heavy (non-hydrogen) atoms. The predicted octanol–water partition coefficient (Wildman–Crippen LogP) is 0.872. The molecule has 0 saturated carbocycles. The minimum Gasteiger partial charge on any atom is -0.354 e. The third kappa shape index (κ3) is 8.35. The van der Waals surface area contributed by atoms with Gasteiger partial charge in [-0.2, -0.15) is 0 Å². The van der Waals surface area contributed by atoms with Gasteiger partial charge in [-0.05, 0) is 6.42 Å². The SMILES string of the molecule is CCCCCCCCNC(=O)C(Cc1cnc[nH]1)NC(=O)CN. The molecule has 7 heteroatoms. The van der Waals surface area contributed by atoms with Gasteiger partial charge >= 0.3 is 0 Å². The lowest BCUT2D eigenvalue weighted by Crippen LogP contribution is -2.49. The number of aromatic nitrogens is 2. The van der Waals surface area contributed by atoms with Crippen LogP contribution in [0.1, 0.15) is 51.1 Å². The first-order valence-corrected chi connectivity index (χ1v) is 8.41. The topological polar surface area (TPSA) is 113 Å². The number of hydrogen-bond donors (Lipinski definition) is 4. The number of aromatic amines is 1. The van der Waals surface area contributed by atoms with Gasteiger partial charge in [0.1, 0.15) is 6.04 Å². The summed E-state index contributed by atoms with van der Waals surface area (Å²) in [6.45, 7) is 2.68. The van der Waals surface area contributed by atoms with E-state index in [9.17, 15) is 9.59 Å². The lowest BCUT2D eigenvalue weighted by molar-refractivity contribution is -0.128. The van der Waals surface area contributed by atoms with Crippen LogP contribution >= 0.6 is 0 Å². The van der Waals surface area contributed by atoms with Crippen molar-refractivity contribution in [2.45, 2.75) is 57.9 Å². The Hall–Kier alpha value is -1.89. The second kappa shape index (κ2) is 11.6. The van der Waals surface area contributed by atoms with Crippen LogP contribution in [0.2, 0.25) is 0 Å². The molecule has 1 heterocycles. The fraction of sp³-hybridized carbons (Fsp3) is 0.688. The monoisotopic (exact) mass is 323 g/mol. The molecule has 7 nitrogen and oxygen atoms in total. The zero-order chi connectivity index (χ0) is 16.9. The first-order valence-electron chi connectivity index (χ1n) is 8.41. The van der Waals surface area contributed by atoms with Crippen LogP contribution in [0.5, 0.6) is 0 Å². The highest BCUT2D eigenvalue weighted by Gasteiger charge is 2.20. The van der Waals surface area contributed by atoms with Crippen molar-refractivity contribution in [3.63, 3.8) is 0 Å². The molecule has 1 unspecified atom stereocenters. The van der Waals surface area contributed by atoms with Gasteiger partial charge in [-0.3, -0.25) is 9.59 Å². The zero-order valence-electron chi connectivity index (χ0n) is 13.9. The maximum absolute atomic E-state index is 12.3. The molecule has 0 spiro atoms. The highest BCUT2D eigenvalue weighted by atomic mass is 16.2. The Bertz CT molecular complexity index is 447. The van der Waals surface area contributed by atoms with Crippen LogP contribution in [-0.2, 0) is 16.0 Å². The van der Waals surface area contributed by atoms with Crippen LogP contribution in [0.3, 0.4) is 0 Å². The van der Waals surface area contributed by atoms with E-state index in [2.05, 4.69) is 27.5 Å². The maximum atomic E-state index is 12.3. The Morgan fingerprint density at radius 1 is 1.26 bits per heavy atom. The second-order valence-electron chi connectivity index (χ2n) is 5.66. The molecule has 1 aromatic heterocycles. The van der Waals surface area contributed by atoms with Gasteiger partial charge in [-0.15, -0.1) is 0 Å². The van der Waals surface area contributed by atoms with Crippen molar-refractivity contribution < 1.29 is 9.59 Å². The molecule has 0 aromatic carbocycles. The molecule has 130 valence electrons. The molecule has 0 saturated heterocycles. The number of nitrogens with two attached hydrogens (primary N) is 1. The smallest absolute Gasteiger partial charge is 0.242 e. The first-order chi connectivity index (χ1) is 11.2. The van der Waals surface area contributed by atoms with Crippen LogP contribution in [0.4, 0.5) is 0 Å². The van der Waals surface area contributed by atoms with E-state index in [4.69, 9.17) is 5.73 Å². The van der Waals surface area contributed by atoms with Crippen LogP contribution in [-0.4, -0.2) is 40.9 Å². The molecule has 0 fully saturated rings. The van der Waals surface area contributed by atoms with Crippen LogP contribution in [0, 0.1) is 0 Å². The Kier molecular flexibility index (Phi) is 9.70. The predicted molar refractivity (Wildman–Crippen MR) is 89.7 cm³/mol. The molecule has 0 radical (unpaired) electrons. The number of nitrogens with zero attached hydrogens (tertiary/aromatic N) is 1. The van der Waals surface area contributed by atoms with E-state index in [0.717, 1.165) is 18.5 Å². The maximum Gasteiger partial charge on any atom is 0.242 e. The normalized spacial score (nSPS) is 11.9. The quantitative estimate of drug-likeness (QED) is 0.427. The van der Waals surface area contributed by atoms with Crippen LogP contribution in [0.25, 0.3) is 0 Å². The van der Waals surface area contributed by atoms with Crippen molar-refractivity contribution in [3.05, 3.63) is 18.2 Å². The van der Waals surface area contributed by atoms with Crippen molar-refractivity contribution in [1.29, 1.82) is 0 Å². The number of carbonyl (C=O) groups is 2. The summed E-state index contributed by atoms with van der Waals surface area (Å²) in [6, 6.07) is -0.633. The van der Waals surface area contributed by atoms with E-state index in [0.29, 0.717) is 13.0 Å². The van der Waals surface area contributed by atoms with Crippen molar-refractivity contribution in [3.8, 4) is 0 Å². The lowest BCUT2D eigenvalue weighted by Gasteiger charge is -2.17. The largest absolute Gasteiger partial charge is 0.354 e. The molecule has 1 atom stereocenters. The summed E-state index contributed by atoms with van der Waals surface area (Å²) >= 11 is 0. The number of amides is 2. The fourth-order valence-electron chi connectivity index (χ4n) is 2.32. The summed E-state index contributed by atoms with van der Waals surface area (Å²) in [4.78, 5) is 30.6. The number of rotatable bonds is 12. The third-order valence-electron chi connectivity index (χ3n) is 3.65. The highest BCUT2D eigenvalue weighted by Crippen LogP contribution is 2.04. The lowest BCUT2D eigenvalue weighted by atomic mass is 10.1. The minimum atomic E-state index is -0.633. The molecule has 1 rings (SSSR count). The van der Waals surface area contributed by atoms with Gasteiger partial charge in [-0.25, -0.2) is 4.98 Å². The van der Waals surface area contributed by atoms with Crippen molar-refractivity contribution in [2.24, 2.45) is 5.73 Å². The van der Waals surface area contributed by atoms with Crippen molar-refractivity contribution in [1.82, 2.24) is 20.6 Å². The Balaban J connectivity index is 2.34. The summed E-state index contributed by atoms with van der Waals surface area (Å²) in [5.74, 6) is -0.529. The van der Waals surface area contributed by atoms with Gasteiger partial charge in [0, 0.05) is 24.9 Å². The van der Waals surface area contributed by atoms with Gasteiger partial charge in [0.2, 0.25) is 11.8 Å². The van der Waals surface area contributed by atoms with Gasteiger partial charge in [0.25, 0.3) is 0 Å². The molecule has 0 aliphatic heterocycles. The minimum absolute atomic E-state index is 0.135. The number of nitrogens with one attached hydrogen (secondary N) is 3.